The van der Waals surface area contributed by atoms with Gasteiger partial charge in [-0.05, 0) is 37.5 Å². The molecule has 2 unspecified atom stereocenters. The highest BCUT2D eigenvalue weighted by molar-refractivity contribution is 7.47. The summed E-state index contributed by atoms with van der Waals surface area (Å²) in [5, 5.41) is 10.6. The lowest BCUT2D eigenvalue weighted by atomic mass is 10.0. The van der Waals surface area contributed by atoms with Crippen LogP contribution in [-0.2, 0) is 65.4 Å². The molecule has 0 aromatic heterocycles. The summed E-state index contributed by atoms with van der Waals surface area (Å²) in [5.74, 6) is -0.553. The number of hydrogen-bond acceptors (Lipinski definition) is 15. The molecule has 0 aromatic rings. The first-order chi connectivity index (χ1) is 48.9. The maximum absolute atomic E-state index is 13.1. The predicted octanol–water partition coefficient (Wildman–Crippen LogP) is 24.7. The second-order valence-electron chi connectivity index (χ2n) is 30.5. The van der Waals surface area contributed by atoms with Crippen LogP contribution in [0.5, 0.6) is 0 Å². The number of aliphatic hydroxyl groups excluding tert-OH is 1. The number of esters is 4. The molecule has 5 atom stereocenters. The molecular formula is C82H160O17P2. The van der Waals surface area contributed by atoms with Crippen LogP contribution in [0, 0.1) is 11.8 Å². The molecule has 0 spiro atoms. The van der Waals surface area contributed by atoms with Crippen molar-refractivity contribution < 1.29 is 80.2 Å². The lowest BCUT2D eigenvalue weighted by Gasteiger charge is -2.21. The van der Waals surface area contributed by atoms with E-state index in [4.69, 9.17) is 37.0 Å². The Hall–Kier alpha value is -1.94. The number of phosphoric ester groups is 2. The second-order valence-corrected chi connectivity index (χ2v) is 33.4. The van der Waals surface area contributed by atoms with Gasteiger partial charge in [-0.25, -0.2) is 9.13 Å². The predicted molar refractivity (Wildman–Crippen MR) is 414 cm³/mol. The van der Waals surface area contributed by atoms with Crippen molar-refractivity contribution in [3.05, 3.63) is 0 Å². The van der Waals surface area contributed by atoms with Gasteiger partial charge in [0, 0.05) is 25.7 Å². The molecule has 0 amide bonds. The van der Waals surface area contributed by atoms with E-state index >= 15 is 0 Å². The molecule has 0 fully saturated rings. The molecule has 0 saturated carbocycles. The zero-order valence-corrected chi connectivity index (χ0v) is 68.0. The van der Waals surface area contributed by atoms with Crippen molar-refractivity contribution >= 4 is 39.5 Å². The fourth-order valence-corrected chi connectivity index (χ4v) is 14.3. The number of hydrogen-bond donors (Lipinski definition) is 3. The van der Waals surface area contributed by atoms with Crippen LogP contribution in [-0.4, -0.2) is 96.7 Å². The Morgan fingerprint density at radius 2 is 0.455 bits per heavy atom. The van der Waals surface area contributed by atoms with E-state index in [1.165, 1.54) is 250 Å². The maximum atomic E-state index is 13.1. The lowest BCUT2D eigenvalue weighted by Crippen LogP contribution is -2.30. The Morgan fingerprint density at radius 1 is 0.267 bits per heavy atom. The summed E-state index contributed by atoms with van der Waals surface area (Å²) in [4.78, 5) is 73.0. The quantitative estimate of drug-likeness (QED) is 0.0222. The molecule has 0 aliphatic rings. The van der Waals surface area contributed by atoms with E-state index in [2.05, 4.69) is 41.5 Å². The second kappa shape index (κ2) is 73.6. The van der Waals surface area contributed by atoms with E-state index in [0.717, 1.165) is 102 Å². The van der Waals surface area contributed by atoms with Crippen LogP contribution in [0.15, 0.2) is 0 Å². The monoisotopic (exact) mass is 1480 g/mol. The zero-order valence-electron chi connectivity index (χ0n) is 66.2. The fourth-order valence-electron chi connectivity index (χ4n) is 12.7. The molecule has 0 bridgehead atoms. The van der Waals surface area contributed by atoms with E-state index in [0.29, 0.717) is 25.7 Å². The minimum atomic E-state index is -4.96. The molecule has 600 valence electrons. The van der Waals surface area contributed by atoms with Crippen LogP contribution in [0.3, 0.4) is 0 Å². The zero-order chi connectivity index (χ0) is 74.2. The summed E-state index contributed by atoms with van der Waals surface area (Å²) in [5.41, 5.74) is 0. The number of unbranched alkanes of at least 4 members (excludes halogenated alkanes) is 51. The van der Waals surface area contributed by atoms with Gasteiger partial charge in [-0.2, -0.15) is 0 Å². The number of ether oxygens (including phenoxy) is 4. The van der Waals surface area contributed by atoms with Gasteiger partial charge in [-0.3, -0.25) is 37.3 Å². The summed E-state index contributed by atoms with van der Waals surface area (Å²) in [6, 6.07) is 0. The van der Waals surface area contributed by atoms with Gasteiger partial charge in [0.1, 0.15) is 19.3 Å². The topological polar surface area (TPSA) is 237 Å². The smallest absolute Gasteiger partial charge is 0.462 e. The minimum absolute atomic E-state index is 0.106. The van der Waals surface area contributed by atoms with Crippen LogP contribution in [0.4, 0.5) is 0 Å². The van der Waals surface area contributed by atoms with E-state index in [1.807, 2.05) is 0 Å². The number of carbonyl (C=O) groups excluding carboxylic acids is 4. The van der Waals surface area contributed by atoms with Gasteiger partial charge in [-0.15, -0.1) is 0 Å². The van der Waals surface area contributed by atoms with Crippen molar-refractivity contribution in [1.82, 2.24) is 0 Å². The summed E-state index contributed by atoms with van der Waals surface area (Å²) in [6.45, 7) is 9.63. The molecule has 0 aliphatic carbocycles. The Morgan fingerprint density at radius 3 is 0.673 bits per heavy atom. The standard InChI is InChI=1S/C82H160O17P2/c1-7-9-11-13-15-17-18-19-20-21-22-26-29-32-35-41-47-53-59-65-80(85)93-71-78(98-81(86)66-60-54-48-42-36-33-30-27-24-23-25-28-31-34-39-44-50-56-62-74(3)4)73-97-101(90,91)95-69-76(83)68-94-100(88,89)96-72-77(70-92-79(84)64-58-52-46-38-16-14-12-10-8-2)99-82(87)67-61-55-49-43-37-40-45-51-57-63-75(5)6/h74-78,83H,7-73H2,1-6H3,(H,88,89)(H,90,91)/t76-,77+,78+/m0/s1. The average Bonchev–Trinajstić information content (AvgIpc) is 0.976. The van der Waals surface area contributed by atoms with Crippen molar-refractivity contribution in [2.45, 2.75) is 452 Å². The summed E-state index contributed by atoms with van der Waals surface area (Å²) in [6.07, 6.45) is 64.0. The molecule has 0 rings (SSSR count). The highest BCUT2D eigenvalue weighted by Crippen LogP contribution is 2.45. The van der Waals surface area contributed by atoms with Gasteiger partial charge in [0.2, 0.25) is 0 Å². The highest BCUT2D eigenvalue weighted by Gasteiger charge is 2.30. The van der Waals surface area contributed by atoms with Crippen molar-refractivity contribution in [3.63, 3.8) is 0 Å². The molecular weight excluding hydrogens is 1320 g/mol. The van der Waals surface area contributed by atoms with Crippen molar-refractivity contribution in [2.24, 2.45) is 11.8 Å². The van der Waals surface area contributed by atoms with Gasteiger partial charge < -0.3 is 33.8 Å². The largest absolute Gasteiger partial charge is 0.472 e. The minimum Gasteiger partial charge on any atom is -0.462 e. The van der Waals surface area contributed by atoms with Gasteiger partial charge >= 0.3 is 39.5 Å². The number of carbonyl (C=O) groups is 4. The maximum Gasteiger partial charge on any atom is 0.472 e. The normalized spacial score (nSPS) is 13.9. The molecule has 0 aromatic carbocycles. The summed E-state index contributed by atoms with van der Waals surface area (Å²) >= 11 is 0. The fraction of sp³-hybridized carbons (Fsp3) is 0.951. The van der Waals surface area contributed by atoms with Gasteiger partial charge in [0.25, 0.3) is 0 Å². The Kier molecular flexibility index (Phi) is 72.2. The first kappa shape index (κ1) is 99.1. The highest BCUT2D eigenvalue weighted by atomic mass is 31.2. The molecule has 0 aliphatic heterocycles. The van der Waals surface area contributed by atoms with E-state index < -0.39 is 97.5 Å². The third-order valence-corrected chi connectivity index (χ3v) is 21.1. The van der Waals surface area contributed by atoms with Crippen molar-refractivity contribution in [2.75, 3.05) is 39.6 Å². The third kappa shape index (κ3) is 76.1. The van der Waals surface area contributed by atoms with Crippen molar-refractivity contribution in [1.29, 1.82) is 0 Å². The first-order valence-corrected chi connectivity index (χ1v) is 45.5. The Labute approximate surface area is 619 Å². The van der Waals surface area contributed by atoms with Crippen LogP contribution in [0.2, 0.25) is 0 Å². The molecule has 0 saturated heterocycles. The van der Waals surface area contributed by atoms with Crippen LogP contribution in [0.1, 0.15) is 433 Å². The Bertz CT molecular complexity index is 1940. The molecule has 3 N–H and O–H groups in total. The average molecular weight is 1480 g/mol. The van der Waals surface area contributed by atoms with Gasteiger partial charge in [-0.1, -0.05) is 382 Å². The van der Waals surface area contributed by atoms with Gasteiger partial charge in [0.05, 0.1) is 26.4 Å². The molecule has 0 radical (unpaired) electrons. The molecule has 17 nitrogen and oxygen atoms in total. The number of rotatable bonds is 81. The van der Waals surface area contributed by atoms with Crippen LogP contribution < -0.4 is 0 Å². The third-order valence-electron chi connectivity index (χ3n) is 19.2. The number of aliphatic hydroxyl groups is 1. The molecule has 0 heterocycles. The van der Waals surface area contributed by atoms with Crippen LogP contribution >= 0.6 is 15.6 Å². The van der Waals surface area contributed by atoms with E-state index in [-0.39, 0.29) is 25.7 Å². The summed E-state index contributed by atoms with van der Waals surface area (Å²) < 4.78 is 68.7. The van der Waals surface area contributed by atoms with Crippen LogP contribution in [0.25, 0.3) is 0 Å². The Balaban J connectivity index is 5.19. The SMILES string of the molecule is CCCCCCCCCCCCCCCCCCCCCC(=O)OC[C@H](COP(=O)(O)OC[C@@H](O)COP(=O)(O)OC[C@@H](COC(=O)CCCCCCCCCCC)OC(=O)CCCCCCCCCCCC(C)C)OC(=O)CCCCCCCCCCCCCCCCCCCCC(C)C. The molecule has 101 heavy (non-hydrogen) atoms. The molecule has 19 heteroatoms. The van der Waals surface area contributed by atoms with Crippen molar-refractivity contribution in [3.8, 4) is 0 Å². The van der Waals surface area contributed by atoms with Gasteiger partial charge in [0.15, 0.2) is 12.2 Å². The van der Waals surface area contributed by atoms with E-state index in [9.17, 15) is 43.2 Å². The summed E-state index contributed by atoms with van der Waals surface area (Å²) in [7, 11) is -9.92. The van der Waals surface area contributed by atoms with E-state index in [1.54, 1.807) is 0 Å². The lowest BCUT2D eigenvalue weighted by molar-refractivity contribution is -0.161. The number of phosphoric acid groups is 2. The first-order valence-electron chi connectivity index (χ1n) is 42.5.